The summed E-state index contributed by atoms with van der Waals surface area (Å²) in [6, 6.07) is 41.6. The second-order valence-corrected chi connectivity index (χ2v) is 10.8. The third kappa shape index (κ3) is 5.20. The van der Waals surface area contributed by atoms with Gasteiger partial charge in [-0.3, -0.25) is 0 Å². The molecule has 0 radical (unpaired) electrons. The van der Waals surface area contributed by atoms with Gasteiger partial charge in [0.25, 0.3) is 0 Å². The zero-order valence-electron chi connectivity index (χ0n) is 22.1. The van der Waals surface area contributed by atoms with E-state index in [-0.39, 0.29) is 0 Å². The molecule has 0 saturated heterocycles. The minimum atomic E-state index is 0.626. The fourth-order valence-corrected chi connectivity index (χ4v) is 5.65. The summed E-state index contributed by atoms with van der Waals surface area (Å²) in [5.74, 6) is 1.91. The summed E-state index contributed by atoms with van der Waals surface area (Å²) >= 11 is 3.76. The second-order valence-electron chi connectivity index (χ2n) is 9.90. The Bertz CT molecular complexity index is 1880. The van der Waals surface area contributed by atoms with Crippen LogP contribution in [0, 0.1) is 0 Å². The van der Waals surface area contributed by atoms with E-state index < -0.39 is 0 Å². The van der Waals surface area contributed by atoms with Crippen LogP contribution >= 0.6 is 15.9 Å². The zero-order valence-corrected chi connectivity index (χ0v) is 23.7. The standard InChI is InChI=1S/C36H25BrN4/c37-31-22-29(32-15-7-13-26-14-8-20-38-33(26)32)21-30(23-31)36-40-34(27-11-5-2-6-12-27)39-35(41-36)28-18-16-25(17-19-28)24-9-3-1-4-10-24/h1-19,21-23,38H,20H2. The number of rotatable bonds is 5. The molecular formula is C36H25BrN4. The van der Waals surface area contributed by atoms with Crippen molar-refractivity contribution in [1.82, 2.24) is 15.0 Å². The number of para-hydroxylation sites is 1. The summed E-state index contributed by atoms with van der Waals surface area (Å²) in [5.41, 5.74) is 9.68. The molecule has 1 aliphatic rings. The first-order chi connectivity index (χ1) is 20.2. The molecule has 0 saturated carbocycles. The molecule has 6 aromatic rings. The molecule has 0 amide bonds. The maximum absolute atomic E-state index is 5.00. The van der Waals surface area contributed by atoms with Gasteiger partial charge in [0.15, 0.2) is 17.5 Å². The van der Waals surface area contributed by atoms with Crippen LogP contribution in [0.15, 0.2) is 132 Å². The molecule has 0 bridgehead atoms. The fraction of sp³-hybridized carbons (Fsp3) is 0.0278. The molecule has 2 heterocycles. The number of hydrogen-bond acceptors (Lipinski definition) is 4. The number of nitrogens with one attached hydrogen (secondary N) is 1. The van der Waals surface area contributed by atoms with Gasteiger partial charge < -0.3 is 5.32 Å². The molecule has 0 fully saturated rings. The van der Waals surface area contributed by atoms with E-state index in [2.05, 4.69) is 118 Å². The number of hydrogen-bond donors (Lipinski definition) is 1. The molecule has 7 rings (SSSR count). The maximum Gasteiger partial charge on any atom is 0.164 e. The van der Waals surface area contributed by atoms with Gasteiger partial charge >= 0.3 is 0 Å². The van der Waals surface area contributed by atoms with Gasteiger partial charge in [-0.1, -0.05) is 131 Å². The van der Waals surface area contributed by atoms with Crippen molar-refractivity contribution in [3.05, 3.63) is 137 Å². The molecule has 0 unspecified atom stereocenters. The highest BCUT2D eigenvalue weighted by Gasteiger charge is 2.16. The van der Waals surface area contributed by atoms with E-state index in [4.69, 9.17) is 15.0 Å². The normalized spacial score (nSPS) is 12.0. The van der Waals surface area contributed by atoms with Crippen LogP contribution in [0.3, 0.4) is 0 Å². The lowest BCUT2D eigenvalue weighted by Crippen LogP contribution is -2.06. The van der Waals surface area contributed by atoms with Crippen molar-refractivity contribution < 1.29 is 0 Å². The molecule has 0 aliphatic carbocycles. The summed E-state index contributed by atoms with van der Waals surface area (Å²) in [5, 5.41) is 3.54. The Morgan fingerprint density at radius 2 is 1.07 bits per heavy atom. The minimum absolute atomic E-state index is 0.626. The molecular weight excluding hydrogens is 568 g/mol. The molecule has 4 nitrogen and oxygen atoms in total. The van der Waals surface area contributed by atoms with E-state index in [1.165, 1.54) is 11.1 Å². The lowest BCUT2D eigenvalue weighted by atomic mass is 9.96. The van der Waals surface area contributed by atoms with Crippen LogP contribution in [-0.2, 0) is 0 Å². The molecule has 41 heavy (non-hydrogen) atoms. The monoisotopic (exact) mass is 592 g/mol. The SMILES string of the molecule is Brc1cc(-c2nc(-c3ccccc3)nc(-c3ccc(-c4ccccc4)cc3)n2)cc(-c2cccc3c2NCC=C3)c1. The average molecular weight is 594 g/mol. The van der Waals surface area contributed by atoms with Crippen LogP contribution in [0.25, 0.3) is 62.5 Å². The van der Waals surface area contributed by atoms with Gasteiger partial charge in [0.2, 0.25) is 0 Å². The maximum atomic E-state index is 5.00. The number of benzene rings is 5. The van der Waals surface area contributed by atoms with Crippen LogP contribution < -0.4 is 5.32 Å². The smallest absolute Gasteiger partial charge is 0.164 e. The van der Waals surface area contributed by atoms with Crippen LogP contribution in [0.5, 0.6) is 0 Å². The number of halogens is 1. The molecule has 196 valence electrons. The van der Waals surface area contributed by atoms with E-state index in [0.29, 0.717) is 17.5 Å². The average Bonchev–Trinajstić information content (AvgIpc) is 3.05. The lowest BCUT2D eigenvalue weighted by molar-refractivity contribution is 1.07. The van der Waals surface area contributed by atoms with Crippen LogP contribution in [0.2, 0.25) is 0 Å². The van der Waals surface area contributed by atoms with Gasteiger partial charge in [-0.2, -0.15) is 0 Å². The third-order valence-corrected chi connectivity index (χ3v) is 7.63. The highest BCUT2D eigenvalue weighted by atomic mass is 79.9. The number of fused-ring (bicyclic) bond motifs is 1. The van der Waals surface area contributed by atoms with Gasteiger partial charge in [-0.25, -0.2) is 15.0 Å². The van der Waals surface area contributed by atoms with E-state index in [1.807, 2.05) is 36.4 Å². The van der Waals surface area contributed by atoms with E-state index in [1.54, 1.807) is 0 Å². The predicted molar refractivity (Wildman–Crippen MR) is 172 cm³/mol. The molecule has 1 N–H and O–H groups in total. The molecule has 5 heteroatoms. The van der Waals surface area contributed by atoms with E-state index >= 15 is 0 Å². The van der Waals surface area contributed by atoms with Crippen molar-refractivity contribution in [2.75, 3.05) is 11.9 Å². The Kier molecular flexibility index (Phi) is 6.71. The number of anilines is 1. The van der Waals surface area contributed by atoms with E-state index in [9.17, 15) is 0 Å². The van der Waals surface area contributed by atoms with Crippen molar-refractivity contribution in [2.24, 2.45) is 0 Å². The Labute approximate surface area is 247 Å². The van der Waals surface area contributed by atoms with Crippen LogP contribution in [-0.4, -0.2) is 21.5 Å². The van der Waals surface area contributed by atoms with Gasteiger partial charge in [0, 0.05) is 39.0 Å². The minimum Gasteiger partial charge on any atom is -0.381 e. The quantitative estimate of drug-likeness (QED) is 0.216. The van der Waals surface area contributed by atoms with Crippen LogP contribution in [0.4, 0.5) is 5.69 Å². The summed E-state index contributed by atoms with van der Waals surface area (Å²) in [6.45, 7) is 0.811. The fourth-order valence-electron chi connectivity index (χ4n) is 5.16. The summed E-state index contributed by atoms with van der Waals surface area (Å²) in [4.78, 5) is 14.9. The molecule has 0 atom stereocenters. The summed E-state index contributed by atoms with van der Waals surface area (Å²) in [6.07, 6.45) is 4.31. The first-order valence-electron chi connectivity index (χ1n) is 13.5. The Morgan fingerprint density at radius 3 is 1.78 bits per heavy atom. The number of aromatic nitrogens is 3. The van der Waals surface area contributed by atoms with E-state index in [0.717, 1.165) is 50.1 Å². The van der Waals surface area contributed by atoms with Gasteiger partial charge in [-0.15, -0.1) is 0 Å². The van der Waals surface area contributed by atoms with Crippen molar-refractivity contribution in [3.63, 3.8) is 0 Å². The first kappa shape index (κ1) is 25.1. The Balaban J connectivity index is 1.35. The summed E-state index contributed by atoms with van der Waals surface area (Å²) < 4.78 is 0.962. The van der Waals surface area contributed by atoms with Crippen molar-refractivity contribution in [3.8, 4) is 56.4 Å². The lowest BCUT2D eigenvalue weighted by Gasteiger charge is -2.18. The Hall–Kier alpha value is -4.87. The zero-order chi connectivity index (χ0) is 27.6. The highest BCUT2D eigenvalue weighted by Crippen LogP contribution is 2.37. The largest absolute Gasteiger partial charge is 0.381 e. The second kappa shape index (κ2) is 11.0. The molecule has 5 aromatic carbocycles. The topological polar surface area (TPSA) is 50.7 Å². The molecule has 1 aliphatic heterocycles. The third-order valence-electron chi connectivity index (χ3n) is 7.18. The van der Waals surface area contributed by atoms with Crippen LogP contribution in [0.1, 0.15) is 5.56 Å². The highest BCUT2D eigenvalue weighted by molar-refractivity contribution is 9.10. The van der Waals surface area contributed by atoms with Crippen molar-refractivity contribution in [2.45, 2.75) is 0 Å². The predicted octanol–water partition coefficient (Wildman–Crippen LogP) is 9.41. The van der Waals surface area contributed by atoms with Gasteiger partial charge in [-0.05, 0) is 40.5 Å². The number of nitrogens with zero attached hydrogens (tertiary/aromatic N) is 3. The molecule has 1 aromatic heterocycles. The molecule has 0 spiro atoms. The van der Waals surface area contributed by atoms with Crippen molar-refractivity contribution >= 4 is 27.7 Å². The van der Waals surface area contributed by atoms with Crippen molar-refractivity contribution in [1.29, 1.82) is 0 Å². The van der Waals surface area contributed by atoms with Gasteiger partial charge in [0.05, 0.1) is 0 Å². The Morgan fingerprint density at radius 1 is 0.512 bits per heavy atom. The first-order valence-corrected chi connectivity index (χ1v) is 14.3. The summed E-state index contributed by atoms with van der Waals surface area (Å²) in [7, 11) is 0. The van der Waals surface area contributed by atoms with Gasteiger partial charge in [0.1, 0.15) is 0 Å².